The summed E-state index contributed by atoms with van der Waals surface area (Å²) in [5, 5.41) is 10.9. The van der Waals surface area contributed by atoms with Crippen LogP contribution in [0.1, 0.15) is 52.4 Å². The Bertz CT molecular complexity index is 370. The van der Waals surface area contributed by atoms with Crippen LogP contribution in [0.4, 0.5) is 4.79 Å². The lowest BCUT2D eigenvalue weighted by atomic mass is 9.95. The van der Waals surface area contributed by atoms with Crippen molar-refractivity contribution in [3.05, 3.63) is 0 Å². The first-order chi connectivity index (χ1) is 9.40. The van der Waals surface area contributed by atoms with Crippen molar-refractivity contribution in [2.45, 2.75) is 58.4 Å². The molecule has 1 fully saturated rings. The first kappa shape index (κ1) is 16.5. The van der Waals surface area contributed by atoms with E-state index in [1.165, 1.54) is 0 Å². The van der Waals surface area contributed by atoms with E-state index in [1.54, 1.807) is 4.90 Å². The van der Waals surface area contributed by atoms with Crippen LogP contribution in [0.5, 0.6) is 0 Å². The van der Waals surface area contributed by atoms with Gasteiger partial charge in [0.15, 0.2) is 0 Å². The molecular formula is C14H24N2O4. The van der Waals surface area contributed by atoms with Gasteiger partial charge in [-0.3, -0.25) is 14.9 Å². The predicted molar refractivity (Wildman–Crippen MR) is 74.2 cm³/mol. The second-order valence-corrected chi connectivity index (χ2v) is 5.64. The Morgan fingerprint density at radius 1 is 1.15 bits per heavy atom. The average molecular weight is 284 g/mol. The highest BCUT2D eigenvalue weighted by atomic mass is 16.4. The molecule has 0 aliphatic carbocycles. The lowest BCUT2D eigenvalue weighted by Crippen LogP contribution is -2.50. The van der Waals surface area contributed by atoms with Crippen molar-refractivity contribution in [3.8, 4) is 0 Å². The molecule has 0 bridgehead atoms. The maximum Gasteiger partial charge on any atom is 0.324 e. The molecule has 6 nitrogen and oxygen atoms in total. The number of piperidine rings is 1. The Kier molecular flexibility index (Phi) is 6.48. The van der Waals surface area contributed by atoms with Crippen molar-refractivity contribution in [1.29, 1.82) is 0 Å². The number of hydrogen-bond acceptors (Lipinski definition) is 3. The Labute approximate surface area is 119 Å². The lowest BCUT2D eigenvalue weighted by Gasteiger charge is -2.36. The second-order valence-electron chi connectivity index (χ2n) is 5.64. The summed E-state index contributed by atoms with van der Waals surface area (Å²) in [5.41, 5.74) is 0. The smallest absolute Gasteiger partial charge is 0.324 e. The molecule has 0 aromatic carbocycles. The van der Waals surface area contributed by atoms with Crippen molar-refractivity contribution in [1.82, 2.24) is 10.2 Å². The number of urea groups is 1. The topological polar surface area (TPSA) is 86.7 Å². The van der Waals surface area contributed by atoms with Crippen LogP contribution in [-0.2, 0) is 9.59 Å². The third kappa shape index (κ3) is 5.59. The third-order valence-corrected chi connectivity index (χ3v) is 3.67. The van der Waals surface area contributed by atoms with Gasteiger partial charge in [-0.05, 0) is 38.5 Å². The van der Waals surface area contributed by atoms with Crippen molar-refractivity contribution >= 4 is 17.9 Å². The van der Waals surface area contributed by atoms with E-state index in [9.17, 15) is 14.4 Å². The molecule has 2 N–H and O–H groups in total. The van der Waals surface area contributed by atoms with E-state index in [0.717, 1.165) is 12.8 Å². The number of carboxylic acids is 1. The zero-order valence-corrected chi connectivity index (χ0v) is 12.2. The number of imide groups is 1. The first-order valence-corrected chi connectivity index (χ1v) is 7.22. The summed E-state index contributed by atoms with van der Waals surface area (Å²) < 4.78 is 0. The highest BCUT2D eigenvalue weighted by molar-refractivity contribution is 5.94. The van der Waals surface area contributed by atoms with Crippen LogP contribution in [0.15, 0.2) is 0 Å². The van der Waals surface area contributed by atoms with E-state index in [-0.39, 0.29) is 30.8 Å². The van der Waals surface area contributed by atoms with Gasteiger partial charge in [-0.15, -0.1) is 0 Å². The molecule has 3 amide bonds. The van der Waals surface area contributed by atoms with Gasteiger partial charge >= 0.3 is 12.0 Å². The van der Waals surface area contributed by atoms with Crippen molar-refractivity contribution < 1.29 is 19.5 Å². The van der Waals surface area contributed by atoms with Gasteiger partial charge in [-0.2, -0.15) is 0 Å². The number of aliphatic carboxylic acids is 1. The average Bonchev–Trinajstić information content (AvgIpc) is 2.37. The Balaban J connectivity index is 2.30. The molecule has 0 radical (unpaired) electrons. The SMILES string of the molecule is CC1CCC(C)N(C(=O)NC(=O)CCCCC(=O)O)C1. The molecule has 2 atom stereocenters. The van der Waals surface area contributed by atoms with Crippen LogP contribution < -0.4 is 5.32 Å². The van der Waals surface area contributed by atoms with Gasteiger partial charge in [-0.1, -0.05) is 6.92 Å². The summed E-state index contributed by atoms with van der Waals surface area (Å²) in [6.45, 7) is 4.77. The number of carboxylic acid groups (broad SMARTS) is 1. The van der Waals surface area contributed by atoms with Crippen molar-refractivity contribution in [2.24, 2.45) is 5.92 Å². The van der Waals surface area contributed by atoms with Crippen LogP contribution in [0.3, 0.4) is 0 Å². The maximum atomic E-state index is 12.0. The highest BCUT2D eigenvalue weighted by Gasteiger charge is 2.27. The van der Waals surface area contributed by atoms with E-state index in [4.69, 9.17) is 5.11 Å². The van der Waals surface area contributed by atoms with Crippen LogP contribution in [0, 0.1) is 5.92 Å². The fourth-order valence-electron chi connectivity index (χ4n) is 2.39. The van der Waals surface area contributed by atoms with Crippen LogP contribution in [0.2, 0.25) is 0 Å². The van der Waals surface area contributed by atoms with Gasteiger partial charge in [-0.25, -0.2) is 4.79 Å². The Morgan fingerprint density at radius 2 is 1.80 bits per heavy atom. The second kappa shape index (κ2) is 7.87. The molecule has 6 heteroatoms. The zero-order valence-electron chi connectivity index (χ0n) is 12.2. The number of carbonyl (C=O) groups excluding carboxylic acids is 2. The molecule has 0 aromatic rings. The molecule has 1 rings (SSSR count). The number of rotatable bonds is 5. The molecular weight excluding hydrogens is 260 g/mol. The van der Waals surface area contributed by atoms with Gasteiger partial charge in [0.25, 0.3) is 0 Å². The van der Waals surface area contributed by atoms with Crippen molar-refractivity contribution in [2.75, 3.05) is 6.54 Å². The molecule has 1 aliphatic rings. The molecule has 114 valence electrons. The summed E-state index contributed by atoms with van der Waals surface area (Å²) in [5.74, 6) is -0.731. The molecule has 2 unspecified atom stereocenters. The van der Waals surface area contributed by atoms with Gasteiger partial charge in [0, 0.05) is 25.4 Å². The Hall–Kier alpha value is -1.59. The summed E-state index contributed by atoms with van der Waals surface area (Å²) in [6, 6.07) is -0.168. The standard InChI is InChI=1S/C14H24N2O4/c1-10-7-8-11(2)16(9-10)14(20)15-12(17)5-3-4-6-13(18)19/h10-11H,3-9H2,1-2H3,(H,18,19)(H,15,17,20). The molecule has 0 aromatic heterocycles. The Morgan fingerprint density at radius 3 is 2.45 bits per heavy atom. The molecule has 20 heavy (non-hydrogen) atoms. The highest BCUT2D eigenvalue weighted by Crippen LogP contribution is 2.21. The van der Waals surface area contributed by atoms with E-state index in [0.29, 0.717) is 25.3 Å². The lowest BCUT2D eigenvalue weighted by molar-refractivity contribution is -0.137. The molecule has 0 spiro atoms. The van der Waals surface area contributed by atoms with E-state index >= 15 is 0 Å². The number of hydrogen-bond donors (Lipinski definition) is 2. The predicted octanol–water partition coefficient (Wildman–Crippen LogP) is 1.99. The summed E-state index contributed by atoms with van der Waals surface area (Å²) in [4.78, 5) is 35.7. The molecule has 1 saturated heterocycles. The van der Waals surface area contributed by atoms with Crippen LogP contribution >= 0.6 is 0 Å². The summed E-state index contributed by atoms with van der Waals surface area (Å²) >= 11 is 0. The third-order valence-electron chi connectivity index (χ3n) is 3.67. The zero-order chi connectivity index (χ0) is 15.1. The van der Waals surface area contributed by atoms with Gasteiger partial charge < -0.3 is 10.0 Å². The number of nitrogens with one attached hydrogen (secondary N) is 1. The first-order valence-electron chi connectivity index (χ1n) is 7.22. The number of nitrogens with zero attached hydrogens (tertiary/aromatic N) is 1. The quantitative estimate of drug-likeness (QED) is 0.756. The minimum Gasteiger partial charge on any atom is -0.481 e. The minimum absolute atomic E-state index is 0.0574. The maximum absolute atomic E-state index is 12.0. The molecule has 1 aliphatic heterocycles. The van der Waals surface area contributed by atoms with Crippen LogP contribution in [-0.4, -0.2) is 40.5 Å². The van der Waals surface area contributed by atoms with Gasteiger partial charge in [0.2, 0.25) is 5.91 Å². The summed E-state index contributed by atoms with van der Waals surface area (Å²) in [6.07, 6.45) is 3.25. The number of likely N-dealkylation sites (tertiary alicyclic amines) is 1. The van der Waals surface area contributed by atoms with Gasteiger partial charge in [0.05, 0.1) is 0 Å². The van der Waals surface area contributed by atoms with Crippen LogP contribution in [0.25, 0.3) is 0 Å². The largest absolute Gasteiger partial charge is 0.481 e. The normalized spacial score (nSPS) is 22.4. The number of amides is 3. The van der Waals surface area contributed by atoms with E-state index in [1.807, 2.05) is 6.92 Å². The van der Waals surface area contributed by atoms with Crippen molar-refractivity contribution in [3.63, 3.8) is 0 Å². The fraction of sp³-hybridized carbons (Fsp3) is 0.786. The van der Waals surface area contributed by atoms with E-state index in [2.05, 4.69) is 12.2 Å². The van der Waals surface area contributed by atoms with E-state index < -0.39 is 5.97 Å². The summed E-state index contributed by atoms with van der Waals surface area (Å²) in [7, 11) is 0. The van der Waals surface area contributed by atoms with Gasteiger partial charge in [0.1, 0.15) is 0 Å². The fourth-order valence-corrected chi connectivity index (χ4v) is 2.39. The monoisotopic (exact) mass is 284 g/mol. The number of carbonyl (C=O) groups is 3. The molecule has 0 saturated carbocycles. The minimum atomic E-state index is -0.863. The number of unbranched alkanes of at least 4 members (excludes halogenated alkanes) is 1. The molecule has 1 heterocycles.